The normalized spacial score (nSPS) is 18.5. The Hall–Kier alpha value is -2.95. The third kappa shape index (κ3) is 3.82. The molecule has 1 fully saturated rings. The first-order chi connectivity index (χ1) is 12.7. The average molecular weight is 346 g/mol. The lowest BCUT2D eigenvalue weighted by molar-refractivity contribution is -0.117. The number of hydrogen-bond acceptors (Lipinski definition) is 3. The number of aryl methyl sites for hydroxylation is 3. The molecule has 0 radical (unpaired) electrons. The van der Waals surface area contributed by atoms with E-state index in [1.54, 1.807) is 12.4 Å². The molecule has 4 rings (SSSR count). The average Bonchev–Trinajstić information content (AvgIpc) is 3.35. The van der Waals surface area contributed by atoms with Gasteiger partial charge >= 0.3 is 0 Å². The fourth-order valence-electron chi connectivity index (χ4n) is 3.32. The van der Waals surface area contributed by atoms with Gasteiger partial charge in [-0.15, -0.1) is 0 Å². The van der Waals surface area contributed by atoms with Gasteiger partial charge in [0.2, 0.25) is 5.91 Å². The number of rotatable bonds is 6. The molecule has 1 aliphatic rings. The molecule has 0 saturated heterocycles. The van der Waals surface area contributed by atoms with Gasteiger partial charge in [0.1, 0.15) is 0 Å². The van der Waals surface area contributed by atoms with E-state index in [1.165, 1.54) is 16.7 Å². The van der Waals surface area contributed by atoms with E-state index in [0.29, 0.717) is 11.7 Å². The summed E-state index contributed by atoms with van der Waals surface area (Å²) in [6, 6.07) is 14.3. The summed E-state index contributed by atoms with van der Waals surface area (Å²) in [4.78, 5) is 16.5. The minimum Gasteiger partial charge on any atom is -0.309 e. The summed E-state index contributed by atoms with van der Waals surface area (Å²) in [6.07, 6.45) is 7.30. The van der Waals surface area contributed by atoms with Gasteiger partial charge in [-0.2, -0.15) is 5.10 Å². The topological polar surface area (TPSA) is 59.8 Å². The minimum atomic E-state index is 0.0544. The molecule has 0 bridgehead atoms. The first-order valence-electron chi connectivity index (χ1n) is 8.99. The lowest BCUT2D eigenvalue weighted by Crippen LogP contribution is -2.15. The third-order valence-electron chi connectivity index (χ3n) is 4.87. The zero-order valence-corrected chi connectivity index (χ0v) is 14.8. The van der Waals surface area contributed by atoms with Crippen LogP contribution in [0.1, 0.15) is 29.0 Å². The molecule has 3 aromatic rings. The number of nitrogens with zero attached hydrogens (tertiary/aromatic N) is 3. The molecule has 1 aliphatic carbocycles. The Kier molecular flexibility index (Phi) is 4.52. The number of nitrogens with one attached hydrogen (secondary N) is 1. The van der Waals surface area contributed by atoms with Gasteiger partial charge in [-0.25, -0.2) is 0 Å². The molecule has 1 aromatic carbocycles. The van der Waals surface area contributed by atoms with E-state index >= 15 is 0 Å². The first kappa shape index (κ1) is 16.5. The number of hydrogen-bond donors (Lipinski definition) is 1. The fraction of sp³-hybridized carbons (Fsp3) is 0.286. The van der Waals surface area contributed by atoms with Crippen LogP contribution in [0.2, 0.25) is 0 Å². The highest BCUT2D eigenvalue weighted by atomic mass is 16.2. The maximum Gasteiger partial charge on any atom is 0.229 e. The van der Waals surface area contributed by atoms with E-state index in [4.69, 9.17) is 0 Å². The van der Waals surface area contributed by atoms with E-state index in [9.17, 15) is 4.79 Å². The Balaban J connectivity index is 1.31. The second-order valence-electron chi connectivity index (χ2n) is 6.92. The molecule has 0 aliphatic heterocycles. The summed E-state index contributed by atoms with van der Waals surface area (Å²) < 4.78 is 1.86. The Labute approximate surface area is 153 Å². The van der Waals surface area contributed by atoms with Gasteiger partial charge in [0.15, 0.2) is 5.82 Å². The molecule has 26 heavy (non-hydrogen) atoms. The number of pyridine rings is 1. The number of carbonyl (C=O) groups is 1. The molecule has 1 amide bonds. The zero-order valence-electron chi connectivity index (χ0n) is 14.8. The molecule has 0 unspecified atom stereocenters. The lowest BCUT2D eigenvalue weighted by Gasteiger charge is -2.04. The highest BCUT2D eigenvalue weighted by Crippen LogP contribution is 2.48. The van der Waals surface area contributed by atoms with Crippen molar-refractivity contribution in [3.05, 3.63) is 77.7 Å². The molecular formula is C21H22N4O. The number of aromatic nitrogens is 3. The van der Waals surface area contributed by atoms with E-state index in [0.717, 1.165) is 19.4 Å². The summed E-state index contributed by atoms with van der Waals surface area (Å²) in [6.45, 7) is 2.86. The summed E-state index contributed by atoms with van der Waals surface area (Å²) in [5.41, 5.74) is 3.72. The first-order valence-corrected chi connectivity index (χ1v) is 8.99. The van der Waals surface area contributed by atoms with Gasteiger partial charge in [0.05, 0.1) is 0 Å². The van der Waals surface area contributed by atoms with Crippen LogP contribution in [0.25, 0.3) is 0 Å². The summed E-state index contributed by atoms with van der Waals surface area (Å²) in [7, 11) is 0. The summed E-state index contributed by atoms with van der Waals surface area (Å²) in [5.74, 6) is 1.08. The quantitative estimate of drug-likeness (QED) is 0.742. The Morgan fingerprint density at radius 2 is 2.08 bits per heavy atom. The van der Waals surface area contributed by atoms with Crippen molar-refractivity contribution in [3.8, 4) is 0 Å². The predicted octanol–water partition coefficient (Wildman–Crippen LogP) is 3.57. The minimum absolute atomic E-state index is 0.0544. The molecule has 5 nitrogen and oxygen atoms in total. The van der Waals surface area contributed by atoms with Crippen LogP contribution in [0, 0.1) is 12.8 Å². The van der Waals surface area contributed by atoms with Crippen molar-refractivity contribution >= 4 is 11.7 Å². The maximum absolute atomic E-state index is 12.5. The maximum atomic E-state index is 12.5. The molecule has 5 heteroatoms. The van der Waals surface area contributed by atoms with E-state index in [-0.39, 0.29) is 11.8 Å². The smallest absolute Gasteiger partial charge is 0.229 e. The lowest BCUT2D eigenvalue weighted by atomic mass is 10.1. The van der Waals surface area contributed by atoms with Crippen LogP contribution in [0.4, 0.5) is 5.82 Å². The molecular weight excluding hydrogens is 324 g/mol. The predicted molar refractivity (Wildman–Crippen MR) is 101 cm³/mol. The van der Waals surface area contributed by atoms with Crippen molar-refractivity contribution in [1.29, 1.82) is 0 Å². The molecule has 2 heterocycles. The van der Waals surface area contributed by atoms with E-state index in [2.05, 4.69) is 46.6 Å². The highest BCUT2D eigenvalue weighted by molar-refractivity contribution is 5.94. The van der Waals surface area contributed by atoms with E-state index < -0.39 is 0 Å². The van der Waals surface area contributed by atoms with Crippen LogP contribution in [-0.2, 0) is 17.8 Å². The molecule has 2 atom stereocenters. The summed E-state index contributed by atoms with van der Waals surface area (Å²) in [5, 5.41) is 7.41. The largest absolute Gasteiger partial charge is 0.309 e. The summed E-state index contributed by atoms with van der Waals surface area (Å²) >= 11 is 0. The third-order valence-corrected chi connectivity index (χ3v) is 4.87. The number of anilines is 1. The molecule has 0 spiro atoms. The van der Waals surface area contributed by atoms with Crippen LogP contribution in [0.3, 0.4) is 0 Å². The van der Waals surface area contributed by atoms with Crippen LogP contribution in [0.15, 0.2) is 61.1 Å². The van der Waals surface area contributed by atoms with E-state index in [1.807, 2.05) is 29.1 Å². The fourth-order valence-corrected chi connectivity index (χ4v) is 3.32. The van der Waals surface area contributed by atoms with Crippen molar-refractivity contribution in [2.45, 2.75) is 32.2 Å². The number of benzene rings is 1. The number of carbonyl (C=O) groups excluding carboxylic acids is 1. The van der Waals surface area contributed by atoms with Crippen LogP contribution < -0.4 is 5.32 Å². The van der Waals surface area contributed by atoms with Crippen molar-refractivity contribution in [3.63, 3.8) is 0 Å². The van der Waals surface area contributed by atoms with Crippen molar-refractivity contribution < 1.29 is 4.79 Å². The zero-order chi connectivity index (χ0) is 17.9. The Morgan fingerprint density at radius 3 is 2.88 bits per heavy atom. The van der Waals surface area contributed by atoms with Gasteiger partial charge in [-0.3, -0.25) is 14.5 Å². The van der Waals surface area contributed by atoms with Gasteiger partial charge in [0.25, 0.3) is 0 Å². The van der Waals surface area contributed by atoms with Crippen molar-refractivity contribution in [2.75, 3.05) is 5.32 Å². The van der Waals surface area contributed by atoms with Crippen molar-refractivity contribution in [2.24, 2.45) is 5.92 Å². The van der Waals surface area contributed by atoms with Crippen LogP contribution in [-0.4, -0.2) is 20.7 Å². The Bertz CT molecular complexity index is 903. The van der Waals surface area contributed by atoms with Gasteiger partial charge < -0.3 is 5.32 Å². The molecule has 1 saturated carbocycles. The number of amides is 1. The van der Waals surface area contributed by atoms with Gasteiger partial charge in [-0.1, -0.05) is 29.8 Å². The van der Waals surface area contributed by atoms with Gasteiger partial charge in [0, 0.05) is 37.1 Å². The molecule has 1 N–H and O–H groups in total. The molecule has 132 valence electrons. The highest BCUT2D eigenvalue weighted by Gasteiger charge is 2.44. The monoisotopic (exact) mass is 346 g/mol. The standard InChI is InChI=1S/C21H22N4O/c1-15-3-2-4-17(13-15)18-14-19(18)21(26)23-20-8-12-25(24-20)11-7-16-5-9-22-10-6-16/h2-6,8-10,12-13,18-19H,7,11,14H2,1H3,(H,23,24,26)/t18-,19-/m1/s1. The van der Waals surface area contributed by atoms with Crippen molar-refractivity contribution in [1.82, 2.24) is 14.8 Å². The van der Waals surface area contributed by atoms with Crippen LogP contribution >= 0.6 is 0 Å². The molecule has 2 aromatic heterocycles. The second kappa shape index (κ2) is 7.12. The van der Waals surface area contributed by atoms with Crippen LogP contribution in [0.5, 0.6) is 0 Å². The second-order valence-corrected chi connectivity index (χ2v) is 6.92. The SMILES string of the molecule is Cc1cccc([C@H]2C[C@H]2C(=O)Nc2ccn(CCc3ccncc3)n2)c1. The Morgan fingerprint density at radius 1 is 1.23 bits per heavy atom. The van der Waals surface area contributed by atoms with Gasteiger partial charge in [-0.05, 0) is 48.9 Å².